The number of carboxylic acids is 1. The van der Waals surface area contributed by atoms with Crippen molar-refractivity contribution in [3.05, 3.63) is 20.3 Å². The van der Waals surface area contributed by atoms with Crippen LogP contribution in [0.2, 0.25) is 8.67 Å². The summed E-state index contributed by atoms with van der Waals surface area (Å²) >= 11 is 12.8. The van der Waals surface area contributed by atoms with Gasteiger partial charge in [-0.25, -0.2) is 4.79 Å². The maximum atomic E-state index is 12.1. The third kappa shape index (κ3) is 2.77. The third-order valence-electron chi connectivity index (χ3n) is 2.52. The highest BCUT2D eigenvalue weighted by molar-refractivity contribution is 7.20. The Kier molecular flexibility index (Phi) is 4.11. The second-order valence-corrected chi connectivity index (χ2v) is 5.97. The van der Waals surface area contributed by atoms with Crippen molar-refractivity contribution in [2.75, 3.05) is 19.7 Å². The molecule has 8 heteroatoms. The van der Waals surface area contributed by atoms with Gasteiger partial charge in [-0.05, 0) is 6.07 Å². The van der Waals surface area contributed by atoms with E-state index in [1.807, 2.05) is 0 Å². The topological polar surface area (TPSA) is 66.8 Å². The second kappa shape index (κ2) is 5.44. The van der Waals surface area contributed by atoms with Crippen LogP contribution in [-0.4, -0.2) is 47.7 Å². The number of carboxylic acid groups (broad SMARTS) is 1. The van der Waals surface area contributed by atoms with E-state index < -0.39 is 12.1 Å². The third-order valence-corrected chi connectivity index (χ3v) is 4.00. The molecular weight excluding hydrogens is 301 g/mol. The number of thiophene rings is 1. The van der Waals surface area contributed by atoms with Crippen LogP contribution < -0.4 is 0 Å². The Morgan fingerprint density at radius 2 is 2.22 bits per heavy atom. The molecule has 2 rings (SSSR count). The van der Waals surface area contributed by atoms with Crippen molar-refractivity contribution < 1.29 is 19.4 Å². The zero-order valence-corrected chi connectivity index (χ0v) is 11.4. The predicted octanol–water partition coefficient (Wildman–Crippen LogP) is 1.98. The number of carbonyl (C=O) groups excluding carboxylic acids is 1. The van der Waals surface area contributed by atoms with Crippen LogP contribution in [-0.2, 0) is 9.53 Å². The van der Waals surface area contributed by atoms with Crippen molar-refractivity contribution in [3.8, 4) is 0 Å². The lowest BCUT2D eigenvalue weighted by Gasteiger charge is -2.30. The Bertz CT molecular complexity index is 490. The first kappa shape index (κ1) is 13.6. The molecule has 1 aliphatic rings. The molecule has 1 fully saturated rings. The number of morpholine rings is 1. The Hall–Kier alpha value is -0.820. The van der Waals surface area contributed by atoms with E-state index in [9.17, 15) is 9.59 Å². The minimum absolute atomic E-state index is 0.0119. The van der Waals surface area contributed by atoms with Crippen LogP contribution in [0.3, 0.4) is 0 Å². The average molecular weight is 310 g/mol. The fourth-order valence-electron chi connectivity index (χ4n) is 1.64. The zero-order valence-electron chi connectivity index (χ0n) is 9.06. The fraction of sp³-hybridized carbons (Fsp3) is 0.400. The standard InChI is InChI=1S/C10H9Cl2NO4S/c11-7-3-5(8(12)18-7)9(14)13-1-2-17-6(4-13)10(15)16/h3,6H,1-2,4H2,(H,15,16)/t6-/m0/s1. The molecule has 0 spiro atoms. The maximum Gasteiger partial charge on any atom is 0.334 e. The van der Waals surface area contributed by atoms with Gasteiger partial charge in [0.25, 0.3) is 5.91 Å². The van der Waals surface area contributed by atoms with E-state index in [4.69, 9.17) is 33.0 Å². The Morgan fingerprint density at radius 3 is 2.78 bits per heavy atom. The Balaban J connectivity index is 2.14. The van der Waals surface area contributed by atoms with Gasteiger partial charge in [0.2, 0.25) is 0 Å². The largest absolute Gasteiger partial charge is 0.479 e. The molecule has 2 heterocycles. The van der Waals surface area contributed by atoms with Gasteiger partial charge in [-0.15, -0.1) is 11.3 Å². The van der Waals surface area contributed by atoms with Crippen LogP contribution in [0.5, 0.6) is 0 Å². The highest BCUT2D eigenvalue weighted by Gasteiger charge is 2.30. The van der Waals surface area contributed by atoms with Crippen molar-refractivity contribution in [2.24, 2.45) is 0 Å². The zero-order chi connectivity index (χ0) is 13.3. The molecule has 1 N–H and O–H groups in total. The number of hydrogen-bond donors (Lipinski definition) is 1. The van der Waals surface area contributed by atoms with E-state index >= 15 is 0 Å². The first-order valence-corrected chi connectivity index (χ1v) is 6.65. The molecule has 0 unspecified atom stereocenters. The van der Waals surface area contributed by atoms with Crippen LogP contribution >= 0.6 is 34.5 Å². The fourth-order valence-corrected chi connectivity index (χ4v) is 3.09. The smallest absolute Gasteiger partial charge is 0.334 e. The van der Waals surface area contributed by atoms with Crippen molar-refractivity contribution in [1.82, 2.24) is 4.90 Å². The van der Waals surface area contributed by atoms with Crippen molar-refractivity contribution >= 4 is 46.4 Å². The van der Waals surface area contributed by atoms with Gasteiger partial charge in [0.1, 0.15) is 4.34 Å². The molecule has 1 saturated heterocycles. The van der Waals surface area contributed by atoms with Gasteiger partial charge in [-0.3, -0.25) is 4.79 Å². The lowest BCUT2D eigenvalue weighted by atomic mass is 10.2. The molecule has 1 atom stereocenters. The number of ether oxygens (including phenoxy) is 1. The van der Waals surface area contributed by atoms with Crippen LogP contribution in [0.25, 0.3) is 0 Å². The first-order chi connectivity index (χ1) is 8.49. The van der Waals surface area contributed by atoms with Crippen molar-refractivity contribution in [1.29, 1.82) is 0 Å². The minimum Gasteiger partial charge on any atom is -0.479 e. The molecule has 1 amide bonds. The molecule has 18 heavy (non-hydrogen) atoms. The molecule has 0 bridgehead atoms. The molecule has 98 valence electrons. The molecule has 0 saturated carbocycles. The summed E-state index contributed by atoms with van der Waals surface area (Å²) in [6.45, 7) is 0.544. The predicted molar refractivity (Wildman–Crippen MR) is 67.6 cm³/mol. The number of aliphatic carboxylic acids is 1. The lowest BCUT2D eigenvalue weighted by molar-refractivity contribution is -0.154. The van der Waals surface area contributed by atoms with Crippen LogP contribution in [0.4, 0.5) is 0 Å². The van der Waals surface area contributed by atoms with Gasteiger partial charge in [-0.1, -0.05) is 23.2 Å². The summed E-state index contributed by atoms with van der Waals surface area (Å²) in [5.41, 5.74) is 0.303. The number of nitrogens with zero attached hydrogens (tertiary/aromatic N) is 1. The molecule has 1 aromatic rings. The number of carbonyl (C=O) groups is 2. The van der Waals surface area contributed by atoms with Crippen molar-refractivity contribution in [3.63, 3.8) is 0 Å². The normalized spacial score (nSPS) is 19.9. The molecular formula is C10H9Cl2NO4S. The monoisotopic (exact) mass is 309 g/mol. The number of halogens is 2. The van der Waals surface area contributed by atoms with Crippen LogP contribution in [0, 0.1) is 0 Å². The van der Waals surface area contributed by atoms with E-state index in [0.717, 1.165) is 11.3 Å². The van der Waals surface area contributed by atoms with E-state index in [-0.39, 0.29) is 19.1 Å². The minimum atomic E-state index is -1.08. The van der Waals surface area contributed by atoms with Crippen molar-refractivity contribution in [2.45, 2.75) is 6.10 Å². The molecule has 5 nitrogen and oxygen atoms in total. The van der Waals surface area contributed by atoms with Gasteiger partial charge in [0.15, 0.2) is 6.10 Å². The number of rotatable bonds is 2. The molecule has 0 aromatic carbocycles. The van der Waals surface area contributed by atoms with Gasteiger partial charge in [0.05, 0.1) is 23.1 Å². The van der Waals surface area contributed by atoms with Gasteiger partial charge in [-0.2, -0.15) is 0 Å². The Morgan fingerprint density at radius 1 is 1.50 bits per heavy atom. The lowest BCUT2D eigenvalue weighted by Crippen LogP contribution is -2.48. The molecule has 1 aliphatic heterocycles. The number of amides is 1. The summed E-state index contributed by atoms with van der Waals surface area (Å²) in [6.07, 6.45) is -0.990. The van der Waals surface area contributed by atoms with Crippen LogP contribution in [0.1, 0.15) is 10.4 Å². The van der Waals surface area contributed by atoms with Gasteiger partial charge in [0, 0.05) is 6.54 Å². The Labute approximate surface area is 117 Å². The molecule has 0 aliphatic carbocycles. The van der Waals surface area contributed by atoms with Gasteiger partial charge >= 0.3 is 5.97 Å². The summed E-state index contributed by atoms with van der Waals surface area (Å²) in [5.74, 6) is -1.40. The SMILES string of the molecule is O=C(O)[C@@H]1CN(C(=O)c2cc(Cl)sc2Cl)CCO1. The second-order valence-electron chi connectivity index (χ2n) is 3.69. The highest BCUT2D eigenvalue weighted by atomic mass is 35.5. The van der Waals surface area contributed by atoms with E-state index in [2.05, 4.69) is 0 Å². The summed E-state index contributed by atoms with van der Waals surface area (Å²) in [7, 11) is 0. The van der Waals surface area contributed by atoms with E-state index in [1.54, 1.807) is 0 Å². The highest BCUT2D eigenvalue weighted by Crippen LogP contribution is 2.32. The molecule has 0 radical (unpaired) electrons. The number of hydrogen-bond acceptors (Lipinski definition) is 4. The van der Waals surface area contributed by atoms with Gasteiger partial charge < -0.3 is 14.7 Å². The first-order valence-electron chi connectivity index (χ1n) is 5.07. The average Bonchev–Trinajstić information content (AvgIpc) is 2.67. The van der Waals surface area contributed by atoms with Crippen LogP contribution in [0.15, 0.2) is 6.07 Å². The van der Waals surface area contributed by atoms with E-state index in [1.165, 1.54) is 11.0 Å². The summed E-state index contributed by atoms with van der Waals surface area (Å²) in [4.78, 5) is 24.4. The maximum absolute atomic E-state index is 12.1. The van der Waals surface area contributed by atoms with E-state index in [0.29, 0.717) is 20.8 Å². The summed E-state index contributed by atoms with van der Waals surface area (Å²) < 4.78 is 5.77. The quantitative estimate of drug-likeness (QED) is 0.907. The molecule has 1 aromatic heterocycles. The summed E-state index contributed by atoms with van der Waals surface area (Å²) in [5, 5.41) is 8.86. The summed E-state index contributed by atoms with van der Waals surface area (Å²) in [6, 6.07) is 1.49.